The molecule has 1 aliphatic rings. The van der Waals surface area contributed by atoms with Gasteiger partial charge in [-0.1, -0.05) is 19.0 Å². The summed E-state index contributed by atoms with van der Waals surface area (Å²) in [5, 5.41) is 3.94. The Labute approximate surface area is 192 Å². The first kappa shape index (κ1) is 22.8. The van der Waals surface area contributed by atoms with Crippen molar-refractivity contribution in [1.29, 1.82) is 0 Å². The number of aryl methyl sites for hydroxylation is 2. The Morgan fingerprint density at radius 2 is 1.82 bits per heavy atom. The van der Waals surface area contributed by atoms with Crippen molar-refractivity contribution in [2.75, 3.05) is 31.1 Å². The molecule has 0 aliphatic carbocycles. The van der Waals surface area contributed by atoms with Crippen LogP contribution in [0.4, 0.5) is 10.2 Å². The third-order valence-electron chi connectivity index (χ3n) is 5.68. The summed E-state index contributed by atoms with van der Waals surface area (Å²) in [6, 6.07) is 7.95. The maximum Gasteiger partial charge on any atom is 0.226 e. The lowest BCUT2D eigenvalue weighted by Crippen LogP contribution is -2.49. The van der Waals surface area contributed by atoms with Gasteiger partial charge in [-0.15, -0.1) is 0 Å². The van der Waals surface area contributed by atoms with E-state index in [-0.39, 0.29) is 17.6 Å². The summed E-state index contributed by atoms with van der Waals surface area (Å²) in [6.07, 6.45) is 1.59. The van der Waals surface area contributed by atoms with Gasteiger partial charge in [-0.3, -0.25) is 4.79 Å². The second kappa shape index (κ2) is 10.1. The van der Waals surface area contributed by atoms with E-state index in [0.717, 1.165) is 30.4 Å². The Balaban J connectivity index is 1.24. The third-order valence-corrected chi connectivity index (χ3v) is 5.68. The van der Waals surface area contributed by atoms with Crippen LogP contribution in [0.25, 0.3) is 11.4 Å². The molecule has 1 aromatic carbocycles. The van der Waals surface area contributed by atoms with E-state index in [1.54, 1.807) is 12.1 Å². The molecular weight excluding hydrogens is 423 g/mol. The first-order valence-electron chi connectivity index (χ1n) is 11.4. The van der Waals surface area contributed by atoms with Crippen LogP contribution in [0.5, 0.6) is 0 Å². The molecule has 0 unspecified atom stereocenters. The second-order valence-electron chi connectivity index (χ2n) is 8.62. The van der Waals surface area contributed by atoms with Gasteiger partial charge in [-0.05, 0) is 37.6 Å². The van der Waals surface area contributed by atoms with E-state index in [1.165, 1.54) is 12.1 Å². The first-order chi connectivity index (χ1) is 15.9. The molecule has 1 saturated heterocycles. The predicted octanol–water partition coefficient (Wildman–Crippen LogP) is 3.77. The molecule has 0 radical (unpaired) electrons. The van der Waals surface area contributed by atoms with Gasteiger partial charge in [0.15, 0.2) is 0 Å². The van der Waals surface area contributed by atoms with Gasteiger partial charge in [-0.2, -0.15) is 4.98 Å². The molecule has 3 aromatic rings. The van der Waals surface area contributed by atoms with Crippen molar-refractivity contribution < 1.29 is 13.7 Å². The Morgan fingerprint density at radius 1 is 1.09 bits per heavy atom. The summed E-state index contributed by atoms with van der Waals surface area (Å²) in [5.74, 6) is 2.79. The summed E-state index contributed by atoms with van der Waals surface area (Å²) < 4.78 is 18.3. The molecule has 0 atom stereocenters. The average Bonchev–Trinajstić information content (AvgIpc) is 3.28. The number of piperazine rings is 1. The van der Waals surface area contributed by atoms with E-state index >= 15 is 0 Å². The van der Waals surface area contributed by atoms with E-state index in [1.807, 2.05) is 17.9 Å². The molecule has 0 bridgehead atoms. The zero-order chi connectivity index (χ0) is 23.4. The van der Waals surface area contributed by atoms with Crippen LogP contribution in [0.1, 0.15) is 50.0 Å². The van der Waals surface area contributed by atoms with E-state index in [0.29, 0.717) is 49.6 Å². The molecule has 4 rings (SSSR count). The van der Waals surface area contributed by atoms with Crippen LogP contribution in [-0.2, 0) is 11.2 Å². The number of benzene rings is 1. The monoisotopic (exact) mass is 452 g/mol. The van der Waals surface area contributed by atoms with E-state index in [9.17, 15) is 9.18 Å². The number of nitrogens with zero attached hydrogens (tertiary/aromatic N) is 6. The van der Waals surface area contributed by atoms with Gasteiger partial charge >= 0.3 is 0 Å². The Kier molecular flexibility index (Phi) is 6.96. The largest absolute Gasteiger partial charge is 0.353 e. The van der Waals surface area contributed by atoms with Crippen molar-refractivity contribution in [3.63, 3.8) is 0 Å². The maximum absolute atomic E-state index is 13.1. The topological polar surface area (TPSA) is 88.2 Å². The normalized spacial score (nSPS) is 14.2. The fraction of sp³-hybridized carbons (Fsp3) is 0.458. The fourth-order valence-electron chi connectivity index (χ4n) is 3.80. The highest BCUT2D eigenvalue weighted by molar-refractivity contribution is 5.76. The van der Waals surface area contributed by atoms with Crippen LogP contribution < -0.4 is 4.90 Å². The minimum absolute atomic E-state index is 0.134. The number of aromatic nitrogens is 4. The first-order valence-corrected chi connectivity index (χ1v) is 11.4. The Hall–Kier alpha value is -3.36. The average molecular weight is 453 g/mol. The van der Waals surface area contributed by atoms with Gasteiger partial charge in [-0.25, -0.2) is 14.4 Å². The zero-order valence-electron chi connectivity index (χ0n) is 19.3. The number of carbonyl (C=O) groups is 1. The maximum atomic E-state index is 13.1. The molecule has 1 fully saturated rings. The molecule has 3 heterocycles. The van der Waals surface area contributed by atoms with Crippen LogP contribution in [0.15, 0.2) is 34.9 Å². The summed E-state index contributed by atoms with van der Waals surface area (Å²) in [7, 11) is 0. The lowest BCUT2D eigenvalue weighted by Gasteiger charge is -2.35. The van der Waals surface area contributed by atoms with Crippen LogP contribution in [0.2, 0.25) is 0 Å². The van der Waals surface area contributed by atoms with Crippen LogP contribution in [0, 0.1) is 12.7 Å². The fourth-order valence-corrected chi connectivity index (χ4v) is 3.80. The molecule has 1 amide bonds. The molecule has 0 spiro atoms. The minimum Gasteiger partial charge on any atom is -0.353 e. The van der Waals surface area contributed by atoms with Gasteiger partial charge in [0.05, 0.1) is 0 Å². The molecule has 1 aliphatic heterocycles. The standard InChI is InChI=1S/C24H29FN6O2/c1-16(2)23-26-17(3)15-20(27-23)30-11-13-31(14-12-30)22(32)6-4-5-21-28-24(29-33-21)18-7-9-19(25)10-8-18/h7-10,15-16H,4-6,11-14H2,1-3H3. The molecule has 9 heteroatoms. The lowest BCUT2D eigenvalue weighted by molar-refractivity contribution is -0.131. The predicted molar refractivity (Wildman–Crippen MR) is 122 cm³/mol. The van der Waals surface area contributed by atoms with Gasteiger partial charge in [0, 0.05) is 62.3 Å². The number of amides is 1. The number of anilines is 1. The highest BCUT2D eigenvalue weighted by Gasteiger charge is 2.22. The van der Waals surface area contributed by atoms with E-state index in [4.69, 9.17) is 9.51 Å². The molecule has 2 aromatic heterocycles. The minimum atomic E-state index is -0.311. The number of hydrogen-bond acceptors (Lipinski definition) is 7. The van der Waals surface area contributed by atoms with Crippen molar-refractivity contribution in [3.8, 4) is 11.4 Å². The summed E-state index contributed by atoms with van der Waals surface area (Å²) in [6.45, 7) is 9.03. The van der Waals surface area contributed by atoms with Gasteiger partial charge < -0.3 is 14.3 Å². The lowest BCUT2D eigenvalue weighted by atomic mass is 10.2. The molecule has 0 N–H and O–H groups in total. The Bertz CT molecular complexity index is 1090. The van der Waals surface area contributed by atoms with Crippen molar-refractivity contribution >= 4 is 11.7 Å². The van der Waals surface area contributed by atoms with Crippen molar-refractivity contribution in [1.82, 2.24) is 25.0 Å². The SMILES string of the molecule is Cc1cc(N2CCN(C(=O)CCCc3nc(-c4ccc(F)cc4)no3)CC2)nc(C(C)C)n1. The molecule has 174 valence electrons. The molecule has 8 nitrogen and oxygen atoms in total. The van der Waals surface area contributed by atoms with Gasteiger partial charge in [0.25, 0.3) is 0 Å². The van der Waals surface area contributed by atoms with E-state index in [2.05, 4.69) is 33.9 Å². The second-order valence-corrected chi connectivity index (χ2v) is 8.62. The summed E-state index contributed by atoms with van der Waals surface area (Å²) >= 11 is 0. The number of hydrogen-bond donors (Lipinski definition) is 0. The van der Waals surface area contributed by atoms with Crippen LogP contribution in [0.3, 0.4) is 0 Å². The van der Waals surface area contributed by atoms with Gasteiger partial charge in [0.1, 0.15) is 17.5 Å². The number of carbonyl (C=O) groups excluding carboxylic acids is 1. The third kappa shape index (κ3) is 5.71. The summed E-state index contributed by atoms with van der Waals surface area (Å²) in [4.78, 5) is 30.4. The summed E-state index contributed by atoms with van der Waals surface area (Å²) in [5.41, 5.74) is 1.66. The molecule has 0 saturated carbocycles. The molecular formula is C24H29FN6O2. The van der Waals surface area contributed by atoms with E-state index < -0.39 is 0 Å². The smallest absolute Gasteiger partial charge is 0.226 e. The quantitative estimate of drug-likeness (QED) is 0.539. The molecule has 33 heavy (non-hydrogen) atoms. The highest BCUT2D eigenvalue weighted by Crippen LogP contribution is 2.20. The van der Waals surface area contributed by atoms with Crippen molar-refractivity contribution in [2.24, 2.45) is 0 Å². The van der Waals surface area contributed by atoms with Crippen LogP contribution in [-0.4, -0.2) is 57.1 Å². The highest BCUT2D eigenvalue weighted by atomic mass is 19.1. The van der Waals surface area contributed by atoms with Crippen molar-refractivity contribution in [2.45, 2.75) is 46.0 Å². The zero-order valence-corrected chi connectivity index (χ0v) is 19.3. The Morgan fingerprint density at radius 3 is 2.52 bits per heavy atom. The number of rotatable bonds is 7. The number of halogens is 1. The van der Waals surface area contributed by atoms with Crippen molar-refractivity contribution in [3.05, 3.63) is 53.6 Å². The van der Waals surface area contributed by atoms with Crippen LogP contribution >= 0.6 is 0 Å². The van der Waals surface area contributed by atoms with Gasteiger partial charge in [0.2, 0.25) is 17.6 Å².